The van der Waals surface area contributed by atoms with Crippen molar-refractivity contribution < 1.29 is 13.2 Å². The molecule has 3 nitrogen and oxygen atoms in total. The first-order valence-electron chi connectivity index (χ1n) is 6.72. The summed E-state index contributed by atoms with van der Waals surface area (Å²) >= 11 is 0. The summed E-state index contributed by atoms with van der Waals surface area (Å²) < 4.78 is 41.6. The van der Waals surface area contributed by atoms with Crippen LogP contribution in [0.2, 0.25) is 0 Å². The van der Waals surface area contributed by atoms with Crippen LogP contribution in [0.25, 0.3) is 5.69 Å². The monoisotopic (exact) mass is 297 g/mol. The average molecular weight is 297 g/mol. The van der Waals surface area contributed by atoms with Gasteiger partial charge in [0.25, 0.3) is 0 Å². The number of aromatic nitrogens is 2. The Labute approximate surface area is 121 Å². The summed E-state index contributed by atoms with van der Waals surface area (Å²) in [5.41, 5.74) is 2.37. The van der Waals surface area contributed by atoms with Crippen LogP contribution in [-0.4, -0.2) is 23.4 Å². The lowest BCUT2D eigenvalue weighted by Crippen LogP contribution is -2.16. The zero-order chi connectivity index (χ0) is 15.7. The van der Waals surface area contributed by atoms with E-state index in [0.717, 1.165) is 29.6 Å². The third kappa shape index (κ3) is 2.81. The van der Waals surface area contributed by atoms with Gasteiger partial charge in [0.2, 0.25) is 0 Å². The lowest BCUT2D eigenvalue weighted by atomic mass is 9.99. The van der Waals surface area contributed by atoms with E-state index in [4.69, 9.17) is 0 Å². The van der Waals surface area contributed by atoms with Crippen LogP contribution >= 0.6 is 0 Å². The third-order valence-electron chi connectivity index (χ3n) is 3.57. The zero-order valence-electron chi connectivity index (χ0n) is 12.5. The van der Waals surface area contributed by atoms with Crippen molar-refractivity contribution in [1.82, 2.24) is 15.1 Å². The first-order chi connectivity index (χ1) is 9.86. The molecule has 114 valence electrons. The highest BCUT2D eigenvalue weighted by molar-refractivity contribution is 5.40. The molecule has 1 N–H and O–H groups in total. The van der Waals surface area contributed by atoms with Crippen LogP contribution < -0.4 is 5.32 Å². The first-order valence-corrected chi connectivity index (χ1v) is 6.72. The van der Waals surface area contributed by atoms with Crippen LogP contribution in [0.4, 0.5) is 13.2 Å². The van der Waals surface area contributed by atoms with Crippen LogP contribution in [0.1, 0.15) is 29.8 Å². The minimum atomic E-state index is -1.21. The molecule has 0 aliphatic carbocycles. The van der Waals surface area contributed by atoms with Crippen molar-refractivity contribution in [2.75, 3.05) is 13.6 Å². The molecule has 1 atom stereocenters. The van der Waals surface area contributed by atoms with E-state index < -0.39 is 17.5 Å². The highest BCUT2D eigenvalue weighted by Crippen LogP contribution is 2.26. The van der Waals surface area contributed by atoms with Crippen molar-refractivity contribution in [3.63, 3.8) is 0 Å². The van der Waals surface area contributed by atoms with Crippen molar-refractivity contribution in [1.29, 1.82) is 0 Å². The van der Waals surface area contributed by atoms with Crippen LogP contribution in [0, 0.1) is 31.3 Å². The predicted octanol–water partition coefficient (Wildman–Crippen LogP) is 3.23. The van der Waals surface area contributed by atoms with Crippen molar-refractivity contribution in [3.05, 3.63) is 46.5 Å². The maximum absolute atomic E-state index is 13.9. The molecular formula is C15H18F3N3. The minimum absolute atomic E-state index is 0.0857. The molecule has 1 aromatic heterocycles. The minimum Gasteiger partial charge on any atom is -0.319 e. The summed E-state index contributed by atoms with van der Waals surface area (Å²) in [5.74, 6) is -2.96. The summed E-state index contributed by atoms with van der Waals surface area (Å²) in [6.07, 6.45) is 0. The number of likely N-dealkylation sites (N-methyl/N-ethyl adjacent to an activating group) is 1. The molecule has 1 aromatic carbocycles. The van der Waals surface area contributed by atoms with E-state index in [1.54, 1.807) is 6.92 Å². The highest BCUT2D eigenvalue weighted by atomic mass is 19.2. The quantitative estimate of drug-likeness (QED) is 0.878. The fourth-order valence-electron chi connectivity index (χ4n) is 2.69. The van der Waals surface area contributed by atoms with E-state index in [2.05, 4.69) is 10.4 Å². The van der Waals surface area contributed by atoms with Gasteiger partial charge in [-0.15, -0.1) is 0 Å². The molecule has 1 heterocycles. The molecule has 2 aromatic rings. The lowest BCUT2D eigenvalue weighted by molar-refractivity contribution is 0.491. The summed E-state index contributed by atoms with van der Waals surface area (Å²) in [4.78, 5) is 0. The molecular weight excluding hydrogens is 279 g/mol. The molecule has 0 amide bonds. The molecule has 0 radical (unpaired) electrons. The highest BCUT2D eigenvalue weighted by Gasteiger charge is 2.20. The smallest absolute Gasteiger partial charge is 0.161 e. The van der Waals surface area contributed by atoms with Gasteiger partial charge in [-0.3, -0.25) is 0 Å². The number of benzene rings is 1. The number of rotatable bonds is 4. The van der Waals surface area contributed by atoms with Crippen LogP contribution in [-0.2, 0) is 0 Å². The maximum Gasteiger partial charge on any atom is 0.161 e. The van der Waals surface area contributed by atoms with Gasteiger partial charge >= 0.3 is 0 Å². The summed E-state index contributed by atoms with van der Waals surface area (Å²) in [6, 6.07) is 1.37. The Kier molecular flexibility index (Phi) is 4.37. The zero-order valence-corrected chi connectivity index (χ0v) is 12.5. The summed E-state index contributed by atoms with van der Waals surface area (Å²) in [6.45, 7) is 6.39. The van der Waals surface area contributed by atoms with Gasteiger partial charge in [-0.25, -0.2) is 17.9 Å². The predicted molar refractivity (Wildman–Crippen MR) is 75.3 cm³/mol. The topological polar surface area (TPSA) is 29.9 Å². The molecule has 6 heteroatoms. The van der Waals surface area contributed by atoms with Gasteiger partial charge in [0, 0.05) is 29.9 Å². The summed E-state index contributed by atoms with van der Waals surface area (Å²) in [5, 5.41) is 7.35. The fourth-order valence-corrected chi connectivity index (χ4v) is 2.69. The molecule has 0 saturated heterocycles. The van der Waals surface area contributed by atoms with Crippen LogP contribution in [0.15, 0.2) is 12.1 Å². The number of hydrogen-bond acceptors (Lipinski definition) is 2. The largest absolute Gasteiger partial charge is 0.319 e. The lowest BCUT2D eigenvalue weighted by Gasteiger charge is -2.12. The first kappa shape index (κ1) is 15.6. The molecule has 2 rings (SSSR count). The molecule has 0 fully saturated rings. The van der Waals surface area contributed by atoms with E-state index in [1.807, 2.05) is 20.9 Å². The Morgan fingerprint density at radius 3 is 2.38 bits per heavy atom. The van der Waals surface area contributed by atoms with Crippen molar-refractivity contribution >= 4 is 0 Å². The maximum atomic E-state index is 13.9. The normalized spacial score (nSPS) is 12.7. The second-order valence-corrected chi connectivity index (χ2v) is 5.17. The van der Waals surface area contributed by atoms with Gasteiger partial charge in [-0.05, 0) is 26.8 Å². The Morgan fingerprint density at radius 1 is 1.14 bits per heavy atom. The number of halogens is 3. The van der Waals surface area contributed by atoms with E-state index >= 15 is 0 Å². The van der Waals surface area contributed by atoms with Crippen molar-refractivity contribution in [2.45, 2.75) is 26.7 Å². The van der Waals surface area contributed by atoms with Gasteiger partial charge in [-0.1, -0.05) is 6.92 Å². The molecule has 0 bridgehead atoms. The third-order valence-corrected chi connectivity index (χ3v) is 3.57. The number of nitrogens with one attached hydrogen (secondary N) is 1. The second-order valence-electron chi connectivity index (χ2n) is 5.17. The van der Waals surface area contributed by atoms with E-state index in [9.17, 15) is 13.2 Å². The van der Waals surface area contributed by atoms with E-state index in [1.165, 1.54) is 4.68 Å². The Bertz CT molecular complexity index is 665. The van der Waals surface area contributed by atoms with Gasteiger partial charge in [0.15, 0.2) is 17.5 Å². The standard InChI is InChI=1S/C15H18F3N3/c1-8(7-19-4)15-9(2)20-21(10(15)3)14-6-12(17)11(16)5-13(14)18/h5-6,8,19H,7H2,1-4H3. The SMILES string of the molecule is CNCC(C)c1c(C)nn(-c2cc(F)c(F)cc2F)c1C. The molecule has 0 saturated carbocycles. The summed E-state index contributed by atoms with van der Waals surface area (Å²) in [7, 11) is 1.85. The van der Waals surface area contributed by atoms with Gasteiger partial charge < -0.3 is 5.32 Å². The molecule has 0 spiro atoms. The van der Waals surface area contributed by atoms with Gasteiger partial charge in [0.05, 0.1) is 5.69 Å². The molecule has 0 aliphatic heterocycles. The average Bonchev–Trinajstić information content (AvgIpc) is 2.69. The Hall–Kier alpha value is -1.82. The molecule has 0 aliphatic rings. The number of aryl methyl sites for hydroxylation is 1. The van der Waals surface area contributed by atoms with Crippen molar-refractivity contribution in [2.24, 2.45) is 0 Å². The fraction of sp³-hybridized carbons (Fsp3) is 0.400. The molecule has 1 unspecified atom stereocenters. The second kappa shape index (κ2) is 5.89. The number of hydrogen-bond donors (Lipinski definition) is 1. The Balaban J connectivity index is 2.56. The molecule has 21 heavy (non-hydrogen) atoms. The van der Waals surface area contributed by atoms with E-state index in [0.29, 0.717) is 6.07 Å². The van der Waals surface area contributed by atoms with Gasteiger partial charge in [-0.2, -0.15) is 5.10 Å². The Morgan fingerprint density at radius 2 is 1.76 bits per heavy atom. The number of nitrogens with zero attached hydrogens (tertiary/aromatic N) is 2. The van der Waals surface area contributed by atoms with Gasteiger partial charge in [0.1, 0.15) is 5.69 Å². The van der Waals surface area contributed by atoms with Crippen LogP contribution in [0.5, 0.6) is 0 Å². The van der Waals surface area contributed by atoms with E-state index in [-0.39, 0.29) is 11.6 Å². The van der Waals surface area contributed by atoms with Crippen molar-refractivity contribution in [3.8, 4) is 5.69 Å². The van der Waals surface area contributed by atoms with Crippen LogP contribution in [0.3, 0.4) is 0 Å².